The van der Waals surface area contributed by atoms with E-state index in [2.05, 4.69) is 27.4 Å². The van der Waals surface area contributed by atoms with Crippen LogP contribution >= 0.6 is 0 Å². The van der Waals surface area contributed by atoms with Crippen LogP contribution in [0.2, 0.25) is 0 Å². The van der Waals surface area contributed by atoms with Crippen molar-refractivity contribution in [3.05, 3.63) is 63.8 Å². The predicted octanol–water partition coefficient (Wildman–Crippen LogP) is 1.96. The maximum Gasteiger partial charge on any atom is 0.251 e. The van der Waals surface area contributed by atoms with Gasteiger partial charge in [0.2, 0.25) is 0 Å². The molecule has 2 aromatic rings. The average molecular weight is 269 g/mol. The molecule has 0 unspecified atom stereocenters. The van der Waals surface area contributed by atoms with Crippen LogP contribution in [-0.4, -0.2) is 17.0 Å². The maximum atomic E-state index is 11.9. The molecule has 1 heterocycles. The molecule has 4 heteroatoms. The molecule has 0 bridgehead atoms. The lowest BCUT2D eigenvalue weighted by atomic mass is 9.64. The summed E-state index contributed by atoms with van der Waals surface area (Å²) >= 11 is 0. The zero-order valence-electron chi connectivity index (χ0n) is 11.6. The van der Waals surface area contributed by atoms with E-state index in [1.54, 1.807) is 6.07 Å². The third-order valence-corrected chi connectivity index (χ3v) is 4.14. The molecule has 104 valence electrons. The second-order valence-electron chi connectivity index (χ2n) is 5.42. The van der Waals surface area contributed by atoms with E-state index in [1.165, 1.54) is 12.0 Å². The summed E-state index contributed by atoms with van der Waals surface area (Å²) in [6.45, 7) is 0.613. The van der Waals surface area contributed by atoms with Crippen LogP contribution in [0.4, 0.5) is 0 Å². The highest BCUT2D eigenvalue weighted by molar-refractivity contribution is 5.35. The molecule has 0 saturated heterocycles. The lowest BCUT2D eigenvalue weighted by Crippen LogP contribution is -2.39. The van der Waals surface area contributed by atoms with Crippen molar-refractivity contribution in [2.24, 2.45) is 0 Å². The van der Waals surface area contributed by atoms with Gasteiger partial charge < -0.3 is 10.3 Å². The van der Waals surface area contributed by atoms with Gasteiger partial charge in [0, 0.05) is 12.6 Å². The Morgan fingerprint density at radius 3 is 2.65 bits per heavy atom. The number of nitrogens with zero attached hydrogens (tertiary/aromatic N) is 1. The van der Waals surface area contributed by atoms with Gasteiger partial charge in [-0.1, -0.05) is 36.8 Å². The minimum atomic E-state index is -0.107. The number of aromatic amines is 1. The minimum Gasteiger partial charge on any atom is -0.314 e. The van der Waals surface area contributed by atoms with Gasteiger partial charge in [0.25, 0.3) is 5.56 Å². The van der Waals surface area contributed by atoms with Crippen molar-refractivity contribution in [2.45, 2.75) is 31.2 Å². The van der Waals surface area contributed by atoms with Crippen LogP contribution in [0, 0.1) is 0 Å². The molecule has 0 atom stereocenters. The molecule has 1 fully saturated rings. The van der Waals surface area contributed by atoms with E-state index in [0.717, 1.165) is 24.4 Å². The van der Waals surface area contributed by atoms with Crippen LogP contribution in [-0.2, 0) is 12.0 Å². The van der Waals surface area contributed by atoms with Crippen molar-refractivity contribution < 1.29 is 0 Å². The third kappa shape index (κ3) is 2.16. The Labute approximate surface area is 118 Å². The number of hydrogen-bond donors (Lipinski definition) is 2. The zero-order chi connectivity index (χ0) is 14.0. The normalized spacial score (nSPS) is 16.6. The smallest absolute Gasteiger partial charge is 0.251 e. The summed E-state index contributed by atoms with van der Waals surface area (Å²) in [6, 6.07) is 11.9. The van der Waals surface area contributed by atoms with Gasteiger partial charge in [-0.05, 0) is 25.5 Å². The number of nitrogens with one attached hydrogen (secondary N) is 2. The second kappa shape index (κ2) is 5.21. The molecule has 0 spiro atoms. The van der Waals surface area contributed by atoms with E-state index in [1.807, 2.05) is 25.2 Å². The molecule has 1 aliphatic carbocycles. The van der Waals surface area contributed by atoms with Crippen LogP contribution < -0.4 is 10.9 Å². The summed E-state index contributed by atoms with van der Waals surface area (Å²) in [5.41, 5.74) is 1.87. The van der Waals surface area contributed by atoms with Gasteiger partial charge in [-0.3, -0.25) is 4.79 Å². The Balaban J connectivity index is 2.08. The first-order valence-electron chi connectivity index (χ1n) is 7.05. The SMILES string of the molecule is CNCc1cc(=O)[nH]c(C2(c3ccccc3)CCC2)n1. The van der Waals surface area contributed by atoms with Gasteiger partial charge in [0.05, 0.1) is 11.1 Å². The Hall–Kier alpha value is -1.94. The fourth-order valence-electron chi connectivity index (χ4n) is 2.96. The first kappa shape index (κ1) is 13.1. The molecule has 4 nitrogen and oxygen atoms in total. The van der Waals surface area contributed by atoms with Gasteiger partial charge in [0.1, 0.15) is 5.82 Å². The minimum absolute atomic E-state index is 0.0672. The Morgan fingerprint density at radius 2 is 2.05 bits per heavy atom. The summed E-state index contributed by atoms with van der Waals surface area (Å²) in [7, 11) is 1.86. The van der Waals surface area contributed by atoms with Crippen molar-refractivity contribution in [3.8, 4) is 0 Å². The van der Waals surface area contributed by atoms with E-state index in [9.17, 15) is 4.79 Å². The summed E-state index contributed by atoms with van der Waals surface area (Å²) in [4.78, 5) is 19.5. The summed E-state index contributed by atoms with van der Waals surface area (Å²) in [5, 5.41) is 3.05. The number of benzene rings is 1. The van der Waals surface area contributed by atoms with Gasteiger partial charge in [-0.2, -0.15) is 0 Å². The molecule has 20 heavy (non-hydrogen) atoms. The molecule has 0 aliphatic heterocycles. The van der Waals surface area contributed by atoms with Crippen molar-refractivity contribution in [3.63, 3.8) is 0 Å². The van der Waals surface area contributed by atoms with E-state index in [0.29, 0.717) is 6.54 Å². The summed E-state index contributed by atoms with van der Waals surface area (Å²) < 4.78 is 0. The molecule has 2 N–H and O–H groups in total. The highest BCUT2D eigenvalue weighted by Crippen LogP contribution is 2.47. The standard InChI is InChI=1S/C16H19N3O/c1-17-11-13-10-14(20)19-15(18-13)16(8-5-9-16)12-6-3-2-4-7-12/h2-4,6-7,10,17H,5,8-9,11H2,1H3,(H,18,19,20). The highest BCUT2D eigenvalue weighted by Gasteiger charge is 2.42. The van der Waals surface area contributed by atoms with Gasteiger partial charge in [-0.25, -0.2) is 4.98 Å². The molecule has 1 aromatic heterocycles. The van der Waals surface area contributed by atoms with Gasteiger partial charge in [-0.15, -0.1) is 0 Å². The highest BCUT2D eigenvalue weighted by atomic mass is 16.1. The van der Waals surface area contributed by atoms with Gasteiger partial charge >= 0.3 is 0 Å². The largest absolute Gasteiger partial charge is 0.314 e. The first-order valence-corrected chi connectivity index (χ1v) is 7.05. The molecule has 1 saturated carbocycles. The number of hydrogen-bond acceptors (Lipinski definition) is 3. The Bertz CT molecular complexity index is 644. The molecule has 0 radical (unpaired) electrons. The van der Waals surface area contributed by atoms with E-state index in [-0.39, 0.29) is 11.0 Å². The molecule has 0 amide bonds. The van der Waals surface area contributed by atoms with Gasteiger partial charge in [0.15, 0.2) is 0 Å². The van der Waals surface area contributed by atoms with Crippen LogP contribution in [0.25, 0.3) is 0 Å². The first-order chi connectivity index (χ1) is 9.74. The number of rotatable bonds is 4. The molecule has 1 aromatic carbocycles. The fourth-order valence-corrected chi connectivity index (χ4v) is 2.96. The van der Waals surface area contributed by atoms with Crippen LogP contribution in [0.5, 0.6) is 0 Å². The van der Waals surface area contributed by atoms with Crippen molar-refractivity contribution in [2.75, 3.05) is 7.05 Å². The van der Waals surface area contributed by atoms with Crippen molar-refractivity contribution >= 4 is 0 Å². The van der Waals surface area contributed by atoms with Crippen LogP contribution in [0.3, 0.4) is 0 Å². The lowest BCUT2D eigenvalue weighted by Gasteiger charge is -2.41. The molecular weight excluding hydrogens is 250 g/mol. The van der Waals surface area contributed by atoms with Crippen LogP contribution in [0.15, 0.2) is 41.2 Å². The topological polar surface area (TPSA) is 57.8 Å². The van der Waals surface area contributed by atoms with E-state index >= 15 is 0 Å². The maximum absolute atomic E-state index is 11.9. The summed E-state index contributed by atoms with van der Waals surface area (Å²) in [5.74, 6) is 0.813. The fraction of sp³-hybridized carbons (Fsp3) is 0.375. The monoisotopic (exact) mass is 269 g/mol. The average Bonchev–Trinajstić information content (AvgIpc) is 2.38. The zero-order valence-corrected chi connectivity index (χ0v) is 11.6. The number of H-pyrrole nitrogens is 1. The van der Waals surface area contributed by atoms with Crippen molar-refractivity contribution in [1.29, 1.82) is 0 Å². The van der Waals surface area contributed by atoms with Crippen LogP contribution in [0.1, 0.15) is 36.3 Å². The van der Waals surface area contributed by atoms with E-state index in [4.69, 9.17) is 0 Å². The second-order valence-corrected chi connectivity index (χ2v) is 5.42. The Kier molecular flexibility index (Phi) is 3.40. The lowest BCUT2D eigenvalue weighted by molar-refractivity contribution is 0.283. The van der Waals surface area contributed by atoms with Crippen molar-refractivity contribution in [1.82, 2.24) is 15.3 Å². The summed E-state index contributed by atoms with van der Waals surface area (Å²) in [6.07, 6.45) is 3.26. The predicted molar refractivity (Wildman–Crippen MR) is 78.7 cm³/mol. The molecular formula is C16H19N3O. The Morgan fingerprint density at radius 1 is 1.30 bits per heavy atom. The molecule has 1 aliphatic rings. The molecule has 3 rings (SSSR count). The van der Waals surface area contributed by atoms with E-state index < -0.39 is 0 Å². The number of aromatic nitrogens is 2. The third-order valence-electron chi connectivity index (χ3n) is 4.14. The quantitative estimate of drug-likeness (QED) is 0.892.